The molecule has 4 aromatic rings. The Morgan fingerprint density at radius 3 is 2.42 bits per heavy atom. The zero-order valence-electron chi connectivity index (χ0n) is 16.9. The highest BCUT2D eigenvalue weighted by molar-refractivity contribution is 5.93. The molecule has 1 atom stereocenters. The van der Waals surface area contributed by atoms with Crippen LogP contribution in [-0.2, 0) is 12.9 Å². The average molecular weight is 459 g/mol. The van der Waals surface area contributed by atoms with Crippen molar-refractivity contribution in [2.45, 2.75) is 19.0 Å². The van der Waals surface area contributed by atoms with Crippen LogP contribution in [0.5, 0.6) is 0 Å². The maximum atomic E-state index is 13.7. The van der Waals surface area contributed by atoms with Crippen LogP contribution in [0.4, 0.5) is 29.1 Å². The van der Waals surface area contributed by atoms with Gasteiger partial charge in [-0.05, 0) is 29.8 Å². The summed E-state index contributed by atoms with van der Waals surface area (Å²) in [6.07, 6.45) is -2.44. The fourth-order valence-corrected chi connectivity index (χ4v) is 3.20. The Labute approximate surface area is 184 Å². The molecule has 0 saturated carbocycles. The summed E-state index contributed by atoms with van der Waals surface area (Å²) in [5.74, 6) is 0.324. The topological polar surface area (TPSA) is 104 Å². The molecule has 11 heteroatoms. The minimum Gasteiger partial charge on any atom is -0.393 e. The van der Waals surface area contributed by atoms with Crippen molar-refractivity contribution in [2.75, 3.05) is 11.9 Å². The molecule has 0 unspecified atom stereocenters. The number of fused-ring (bicyclic) bond motifs is 1. The predicted octanol–water partition coefficient (Wildman–Crippen LogP) is 4.34. The minimum atomic E-state index is -4.76. The molecular formula is C22H17F4N5O2. The summed E-state index contributed by atoms with van der Waals surface area (Å²) >= 11 is 0. The van der Waals surface area contributed by atoms with Crippen molar-refractivity contribution in [3.63, 3.8) is 0 Å². The van der Waals surface area contributed by atoms with E-state index < -0.39 is 36.8 Å². The summed E-state index contributed by atoms with van der Waals surface area (Å²) in [5, 5.41) is 30.6. The van der Waals surface area contributed by atoms with Gasteiger partial charge in [-0.15, -0.1) is 5.10 Å². The summed E-state index contributed by atoms with van der Waals surface area (Å²) in [5.41, 5.74) is -0.589. The normalized spacial score (nSPS) is 12.7. The highest BCUT2D eigenvalue weighted by Crippen LogP contribution is 2.37. The summed E-state index contributed by atoms with van der Waals surface area (Å²) in [6.45, 7) is -1.33. The van der Waals surface area contributed by atoms with E-state index >= 15 is 0 Å². The van der Waals surface area contributed by atoms with Crippen LogP contribution in [0.15, 0.2) is 55.0 Å². The van der Waals surface area contributed by atoms with Gasteiger partial charge in [0.1, 0.15) is 18.5 Å². The number of aliphatic hydroxyl groups excluding tert-OH is 2. The quantitative estimate of drug-likeness (QED) is 0.369. The largest absolute Gasteiger partial charge is 0.418 e. The van der Waals surface area contributed by atoms with Crippen LogP contribution in [0.2, 0.25) is 0 Å². The van der Waals surface area contributed by atoms with E-state index in [1.807, 2.05) is 0 Å². The highest BCUT2D eigenvalue weighted by Gasteiger charge is 2.36. The van der Waals surface area contributed by atoms with Crippen LogP contribution in [0.3, 0.4) is 0 Å². The van der Waals surface area contributed by atoms with Crippen molar-refractivity contribution in [3.8, 4) is 11.4 Å². The number of hydrogen-bond donors (Lipinski definition) is 3. The molecular weight excluding hydrogens is 442 g/mol. The maximum Gasteiger partial charge on any atom is 0.418 e. The first-order valence-corrected chi connectivity index (χ1v) is 9.70. The molecule has 0 radical (unpaired) electrons. The number of anilines is 2. The van der Waals surface area contributed by atoms with Gasteiger partial charge < -0.3 is 15.5 Å². The van der Waals surface area contributed by atoms with Crippen LogP contribution in [-0.4, -0.2) is 37.0 Å². The van der Waals surface area contributed by atoms with E-state index in [9.17, 15) is 22.7 Å². The lowest BCUT2D eigenvalue weighted by atomic mass is 10.0. The molecule has 170 valence electrons. The number of nitrogens with zero attached hydrogens (tertiary/aromatic N) is 4. The van der Waals surface area contributed by atoms with Gasteiger partial charge >= 0.3 is 6.18 Å². The fraction of sp³-hybridized carbons (Fsp3) is 0.182. The Bertz CT molecular complexity index is 1280. The van der Waals surface area contributed by atoms with Crippen molar-refractivity contribution < 1.29 is 27.8 Å². The molecule has 3 aromatic heterocycles. The average Bonchev–Trinajstić information content (AvgIpc) is 2.83. The van der Waals surface area contributed by atoms with E-state index in [1.54, 1.807) is 24.3 Å². The fourth-order valence-electron chi connectivity index (χ4n) is 3.20. The number of rotatable bonds is 6. The van der Waals surface area contributed by atoms with Crippen LogP contribution in [0, 0.1) is 0 Å². The van der Waals surface area contributed by atoms with E-state index in [4.69, 9.17) is 5.11 Å². The molecule has 0 aliphatic heterocycles. The highest BCUT2D eigenvalue weighted by atomic mass is 19.4. The Kier molecular flexibility index (Phi) is 6.16. The number of aliphatic hydroxyl groups is 2. The first kappa shape index (κ1) is 22.5. The Hall–Kier alpha value is -3.70. The molecule has 3 heterocycles. The van der Waals surface area contributed by atoms with Crippen molar-refractivity contribution in [3.05, 3.63) is 71.7 Å². The molecule has 3 N–H and O–H groups in total. The SMILES string of the molecule is OC[C@@H](O)c1cnc(-c2cc3cnnc(Nc4ccc(CF)cc4)c3cn2)c(C(F)(F)F)c1. The van der Waals surface area contributed by atoms with Crippen LogP contribution in [0.25, 0.3) is 22.2 Å². The lowest BCUT2D eigenvalue weighted by Crippen LogP contribution is -2.12. The van der Waals surface area contributed by atoms with Gasteiger partial charge in [0.25, 0.3) is 0 Å². The Balaban J connectivity index is 1.74. The van der Waals surface area contributed by atoms with Gasteiger partial charge in [-0.1, -0.05) is 12.1 Å². The van der Waals surface area contributed by atoms with Crippen molar-refractivity contribution in [1.29, 1.82) is 0 Å². The van der Waals surface area contributed by atoms with Gasteiger partial charge in [-0.3, -0.25) is 9.97 Å². The van der Waals surface area contributed by atoms with Gasteiger partial charge in [0.2, 0.25) is 0 Å². The van der Waals surface area contributed by atoms with E-state index in [0.29, 0.717) is 27.8 Å². The third-order valence-corrected chi connectivity index (χ3v) is 4.93. The van der Waals surface area contributed by atoms with E-state index in [1.165, 1.54) is 18.5 Å². The predicted molar refractivity (Wildman–Crippen MR) is 112 cm³/mol. The number of halogens is 4. The molecule has 0 aliphatic rings. The molecule has 0 fully saturated rings. The number of aromatic nitrogens is 4. The minimum absolute atomic E-state index is 0.0499. The number of alkyl halides is 4. The summed E-state index contributed by atoms with van der Waals surface area (Å²) in [7, 11) is 0. The molecule has 0 saturated heterocycles. The van der Waals surface area contributed by atoms with Gasteiger partial charge in [0.15, 0.2) is 5.82 Å². The second-order valence-electron chi connectivity index (χ2n) is 7.17. The molecule has 0 amide bonds. The summed E-state index contributed by atoms with van der Waals surface area (Å²) in [6, 6.07) is 8.70. The molecule has 0 aliphatic carbocycles. The van der Waals surface area contributed by atoms with Crippen LogP contribution < -0.4 is 5.32 Å². The van der Waals surface area contributed by atoms with Crippen LogP contribution in [0.1, 0.15) is 22.8 Å². The number of pyridine rings is 2. The molecule has 4 rings (SSSR count). The van der Waals surface area contributed by atoms with Gasteiger partial charge in [-0.2, -0.15) is 18.3 Å². The molecule has 0 spiro atoms. The molecule has 1 aromatic carbocycles. The maximum absolute atomic E-state index is 13.7. The number of nitrogens with one attached hydrogen (secondary N) is 1. The van der Waals surface area contributed by atoms with Gasteiger partial charge in [0.05, 0.1) is 24.1 Å². The lowest BCUT2D eigenvalue weighted by molar-refractivity contribution is -0.137. The van der Waals surface area contributed by atoms with E-state index in [-0.39, 0.29) is 11.3 Å². The Morgan fingerprint density at radius 2 is 1.76 bits per heavy atom. The molecule has 33 heavy (non-hydrogen) atoms. The second kappa shape index (κ2) is 9.04. The van der Waals surface area contributed by atoms with Crippen molar-refractivity contribution >= 4 is 22.3 Å². The van der Waals surface area contributed by atoms with Crippen molar-refractivity contribution in [2.24, 2.45) is 0 Å². The second-order valence-corrected chi connectivity index (χ2v) is 7.17. The lowest BCUT2D eigenvalue weighted by Gasteiger charge is -2.15. The first-order valence-electron chi connectivity index (χ1n) is 9.70. The molecule has 7 nitrogen and oxygen atoms in total. The number of benzene rings is 1. The number of hydrogen-bond acceptors (Lipinski definition) is 7. The van der Waals surface area contributed by atoms with Crippen LogP contribution >= 0.6 is 0 Å². The summed E-state index contributed by atoms with van der Waals surface area (Å²) in [4.78, 5) is 8.01. The standard InChI is InChI=1S/C22H17F4N5O2/c23-7-12-1-3-15(4-2-12)30-21-16-10-27-18(6-13(16)9-29-31-21)20-17(22(24,25)26)5-14(8-28-20)19(33)11-32/h1-6,8-10,19,32-33H,7,11H2,(H,30,31)/t19-/m1/s1. The smallest absolute Gasteiger partial charge is 0.393 e. The summed E-state index contributed by atoms with van der Waals surface area (Å²) < 4.78 is 53.8. The Morgan fingerprint density at radius 1 is 1.00 bits per heavy atom. The van der Waals surface area contributed by atoms with Crippen molar-refractivity contribution in [1.82, 2.24) is 20.2 Å². The van der Waals surface area contributed by atoms with E-state index in [0.717, 1.165) is 12.3 Å². The third kappa shape index (κ3) is 4.73. The van der Waals surface area contributed by atoms with E-state index in [2.05, 4.69) is 25.5 Å². The zero-order valence-corrected chi connectivity index (χ0v) is 16.9. The zero-order chi connectivity index (χ0) is 23.6. The monoisotopic (exact) mass is 459 g/mol. The third-order valence-electron chi connectivity index (χ3n) is 4.93. The van der Waals surface area contributed by atoms with Gasteiger partial charge in [-0.25, -0.2) is 4.39 Å². The van der Waals surface area contributed by atoms with Gasteiger partial charge in [0, 0.05) is 34.4 Å². The molecule has 0 bridgehead atoms. The first-order chi connectivity index (χ1) is 15.8.